The molecular formula is C19H34ClNO3. The minimum atomic E-state index is 0. The van der Waals surface area contributed by atoms with Crippen LogP contribution in [0.25, 0.3) is 0 Å². The Balaban J connectivity index is 0.00000529. The fourth-order valence-corrected chi connectivity index (χ4v) is 2.13. The van der Waals surface area contributed by atoms with Crippen LogP contribution in [0.2, 0.25) is 0 Å². The van der Waals surface area contributed by atoms with E-state index in [2.05, 4.69) is 38.2 Å². The van der Waals surface area contributed by atoms with Crippen molar-refractivity contribution in [1.29, 1.82) is 0 Å². The molecule has 0 atom stereocenters. The maximum atomic E-state index is 5.80. The SMILES string of the molecule is CCCCOc1ccc(CNCCCOC(C)C)cc1OCC.Cl. The van der Waals surface area contributed by atoms with Crippen molar-refractivity contribution in [2.75, 3.05) is 26.4 Å². The first kappa shape index (κ1) is 23.0. The van der Waals surface area contributed by atoms with Gasteiger partial charge in [-0.1, -0.05) is 19.4 Å². The predicted octanol–water partition coefficient (Wildman–Crippen LogP) is 4.59. The van der Waals surface area contributed by atoms with Crippen molar-refractivity contribution in [2.24, 2.45) is 0 Å². The van der Waals surface area contributed by atoms with Crippen LogP contribution in [-0.2, 0) is 11.3 Å². The van der Waals surface area contributed by atoms with E-state index in [9.17, 15) is 0 Å². The summed E-state index contributed by atoms with van der Waals surface area (Å²) in [5.74, 6) is 1.68. The van der Waals surface area contributed by atoms with Gasteiger partial charge in [0.1, 0.15) is 0 Å². The molecule has 0 amide bonds. The van der Waals surface area contributed by atoms with E-state index in [0.717, 1.165) is 57.1 Å². The second-order valence-corrected chi connectivity index (χ2v) is 5.87. The zero-order chi connectivity index (χ0) is 16.9. The second-order valence-electron chi connectivity index (χ2n) is 5.87. The van der Waals surface area contributed by atoms with E-state index in [0.29, 0.717) is 12.7 Å². The molecule has 1 rings (SSSR count). The predicted molar refractivity (Wildman–Crippen MR) is 103 cm³/mol. The first-order valence-corrected chi connectivity index (χ1v) is 8.88. The van der Waals surface area contributed by atoms with Crippen molar-refractivity contribution in [3.63, 3.8) is 0 Å². The van der Waals surface area contributed by atoms with E-state index in [1.54, 1.807) is 0 Å². The summed E-state index contributed by atoms with van der Waals surface area (Å²) in [6, 6.07) is 6.18. The van der Waals surface area contributed by atoms with Gasteiger partial charge in [0.05, 0.1) is 19.3 Å². The maximum absolute atomic E-state index is 5.80. The van der Waals surface area contributed by atoms with Crippen molar-refractivity contribution in [2.45, 2.75) is 59.6 Å². The number of hydrogen-bond donors (Lipinski definition) is 1. The van der Waals surface area contributed by atoms with E-state index >= 15 is 0 Å². The molecule has 1 N–H and O–H groups in total. The van der Waals surface area contributed by atoms with E-state index < -0.39 is 0 Å². The summed E-state index contributed by atoms with van der Waals surface area (Å²) in [5, 5.41) is 3.44. The van der Waals surface area contributed by atoms with Crippen LogP contribution in [0, 0.1) is 0 Å². The Hall–Kier alpha value is -0.970. The van der Waals surface area contributed by atoms with Gasteiger partial charge in [-0.15, -0.1) is 12.4 Å². The molecule has 0 saturated heterocycles. The van der Waals surface area contributed by atoms with Crippen molar-refractivity contribution >= 4 is 12.4 Å². The highest BCUT2D eigenvalue weighted by Crippen LogP contribution is 2.28. The summed E-state index contributed by atoms with van der Waals surface area (Å²) in [4.78, 5) is 0. The van der Waals surface area contributed by atoms with E-state index in [-0.39, 0.29) is 12.4 Å². The Morgan fingerprint density at radius 2 is 1.79 bits per heavy atom. The molecule has 4 nitrogen and oxygen atoms in total. The highest BCUT2D eigenvalue weighted by atomic mass is 35.5. The Kier molecular flexibility index (Phi) is 13.8. The number of benzene rings is 1. The van der Waals surface area contributed by atoms with E-state index in [4.69, 9.17) is 14.2 Å². The van der Waals surface area contributed by atoms with Crippen molar-refractivity contribution in [1.82, 2.24) is 5.32 Å². The second kappa shape index (κ2) is 14.4. The minimum absolute atomic E-state index is 0. The standard InChI is InChI=1S/C19H33NO3.ClH/c1-5-7-12-23-18-10-9-17(14-19(18)21-6-2)15-20-11-8-13-22-16(3)4;/h9-10,14,16,20H,5-8,11-13,15H2,1-4H3;1H. The zero-order valence-corrected chi connectivity index (χ0v) is 16.4. The van der Waals surface area contributed by atoms with Gasteiger partial charge in [0.25, 0.3) is 0 Å². The highest BCUT2D eigenvalue weighted by Gasteiger charge is 2.06. The van der Waals surface area contributed by atoms with Gasteiger partial charge in [-0.3, -0.25) is 0 Å². The van der Waals surface area contributed by atoms with Crippen LogP contribution in [0.15, 0.2) is 18.2 Å². The van der Waals surface area contributed by atoms with Gasteiger partial charge in [-0.25, -0.2) is 0 Å². The molecule has 1 aromatic carbocycles. The molecule has 0 aliphatic carbocycles. The number of halogens is 1. The van der Waals surface area contributed by atoms with Crippen LogP contribution in [0.3, 0.4) is 0 Å². The average Bonchev–Trinajstić information content (AvgIpc) is 2.53. The highest BCUT2D eigenvalue weighted by molar-refractivity contribution is 5.85. The third-order valence-corrected chi connectivity index (χ3v) is 3.34. The summed E-state index contributed by atoms with van der Waals surface area (Å²) in [6.07, 6.45) is 3.53. The third-order valence-electron chi connectivity index (χ3n) is 3.34. The molecule has 0 aromatic heterocycles. The van der Waals surface area contributed by atoms with Crippen LogP contribution in [-0.4, -0.2) is 32.5 Å². The lowest BCUT2D eigenvalue weighted by Gasteiger charge is -2.14. The number of unbranched alkanes of at least 4 members (excludes halogenated alkanes) is 1. The molecule has 0 fully saturated rings. The molecule has 1 aromatic rings. The monoisotopic (exact) mass is 359 g/mol. The van der Waals surface area contributed by atoms with Crippen molar-refractivity contribution in [3.05, 3.63) is 23.8 Å². The largest absolute Gasteiger partial charge is 0.490 e. The summed E-state index contributed by atoms with van der Waals surface area (Å²) in [6.45, 7) is 12.3. The van der Waals surface area contributed by atoms with Gasteiger partial charge in [0.15, 0.2) is 11.5 Å². The number of ether oxygens (including phenoxy) is 3. The summed E-state index contributed by atoms with van der Waals surface area (Å²) < 4.78 is 17.0. The van der Waals surface area contributed by atoms with Gasteiger partial charge >= 0.3 is 0 Å². The fourth-order valence-electron chi connectivity index (χ4n) is 2.13. The maximum Gasteiger partial charge on any atom is 0.161 e. The molecule has 0 saturated carbocycles. The van der Waals surface area contributed by atoms with Gasteiger partial charge in [0.2, 0.25) is 0 Å². The molecule has 0 unspecified atom stereocenters. The molecule has 5 heteroatoms. The lowest BCUT2D eigenvalue weighted by molar-refractivity contribution is 0.0770. The molecule has 0 heterocycles. The van der Waals surface area contributed by atoms with Crippen LogP contribution >= 0.6 is 12.4 Å². The summed E-state index contributed by atoms with van der Waals surface area (Å²) in [5.41, 5.74) is 1.21. The van der Waals surface area contributed by atoms with Crippen molar-refractivity contribution in [3.8, 4) is 11.5 Å². The first-order chi connectivity index (χ1) is 11.2. The quantitative estimate of drug-likeness (QED) is 0.523. The van der Waals surface area contributed by atoms with Gasteiger partial charge < -0.3 is 19.5 Å². The van der Waals surface area contributed by atoms with Crippen LogP contribution in [0.5, 0.6) is 11.5 Å². The smallest absolute Gasteiger partial charge is 0.161 e. The molecule has 0 radical (unpaired) electrons. The van der Waals surface area contributed by atoms with E-state index in [1.165, 1.54) is 5.56 Å². The van der Waals surface area contributed by atoms with Gasteiger partial charge in [-0.2, -0.15) is 0 Å². The Labute approximate surface area is 153 Å². The van der Waals surface area contributed by atoms with Gasteiger partial charge in [0, 0.05) is 13.2 Å². The molecule has 24 heavy (non-hydrogen) atoms. The normalized spacial score (nSPS) is 10.5. The number of rotatable bonds is 13. The lowest BCUT2D eigenvalue weighted by Crippen LogP contribution is -2.17. The molecule has 0 aliphatic heterocycles. The lowest BCUT2D eigenvalue weighted by atomic mass is 10.2. The Morgan fingerprint density at radius 3 is 2.46 bits per heavy atom. The molecule has 140 valence electrons. The third kappa shape index (κ3) is 10.0. The molecule has 0 bridgehead atoms. The Bertz CT molecular complexity index is 427. The summed E-state index contributed by atoms with van der Waals surface area (Å²) >= 11 is 0. The average molecular weight is 360 g/mol. The zero-order valence-electron chi connectivity index (χ0n) is 15.6. The Morgan fingerprint density at radius 1 is 1.00 bits per heavy atom. The minimum Gasteiger partial charge on any atom is -0.490 e. The topological polar surface area (TPSA) is 39.7 Å². The summed E-state index contributed by atoms with van der Waals surface area (Å²) in [7, 11) is 0. The van der Waals surface area contributed by atoms with Gasteiger partial charge in [-0.05, 0) is 57.9 Å². The fraction of sp³-hybridized carbons (Fsp3) is 0.684. The molecule has 0 aliphatic rings. The first-order valence-electron chi connectivity index (χ1n) is 8.88. The van der Waals surface area contributed by atoms with Crippen molar-refractivity contribution < 1.29 is 14.2 Å². The number of nitrogens with one attached hydrogen (secondary N) is 1. The molecular weight excluding hydrogens is 326 g/mol. The van der Waals surface area contributed by atoms with Crippen LogP contribution in [0.4, 0.5) is 0 Å². The molecule has 0 spiro atoms. The number of hydrogen-bond acceptors (Lipinski definition) is 4. The van der Waals surface area contributed by atoms with Crippen LogP contribution in [0.1, 0.15) is 52.5 Å². The van der Waals surface area contributed by atoms with Crippen LogP contribution < -0.4 is 14.8 Å². The van der Waals surface area contributed by atoms with E-state index in [1.807, 2.05) is 13.0 Å².